The normalized spacial score (nSPS) is 21.2. The summed E-state index contributed by atoms with van der Waals surface area (Å²) in [5.74, 6) is -3.07. The van der Waals surface area contributed by atoms with Crippen LogP contribution in [0.5, 0.6) is 0 Å². The van der Waals surface area contributed by atoms with Crippen molar-refractivity contribution in [1.82, 2.24) is 0 Å². The summed E-state index contributed by atoms with van der Waals surface area (Å²) in [5, 5.41) is 0. The van der Waals surface area contributed by atoms with Crippen LogP contribution in [0.15, 0.2) is 24.3 Å². The van der Waals surface area contributed by atoms with Crippen LogP contribution in [-0.4, -0.2) is 12.2 Å². The molecule has 0 amide bonds. The molecule has 0 atom stereocenters. The Bertz CT molecular complexity index is 470. The average molecular weight is 264 g/mol. The number of carbonyl (C=O) groups is 1. The van der Waals surface area contributed by atoms with Gasteiger partial charge in [0.2, 0.25) is 0 Å². The number of rotatable bonds is 2. The summed E-state index contributed by atoms with van der Waals surface area (Å²) in [5.41, 5.74) is -3.10. The van der Waals surface area contributed by atoms with Gasteiger partial charge >= 0.3 is 6.18 Å². The first kappa shape index (κ1) is 13.0. The average Bonchev–Trinajstić information content (AvgIpc) is 2.24. The zero-order valence-corrected chi connectivity index (χ0v) is 9.10. The van der Waals surface area contributed by atoms with Crippen molar-refractivity contribution >= 4 is 6.29 Å². The number of carbonyl (C=O) groups excluding carboxylic acids is 1. The third-order valence-electron chi connectivity index (χ3n) is 3.14. The smallest absolute Gasteiger partial charge is 0.302 e. The Balaban J connectivity index is 2.49. The second-order valence-electron chi connectivity index (χ2n) is 4.53. The summed E-state index contributed by atoms with van der Waals surface area (Å²) in [6.45, 7) is 0. The fourth-order valence-corrected chi connectivity index (χ4v) is 2.37. The number of hydrogen-bond acceptors (Lipinski definition) is 1. The first-order chi connectivity index (χ1) is 8.20. The van der Waals surface area contributed by atoms with E-state index in [1.165, 1.54) is 12.1 Å². The van der Waals surface area contributed by atoms with Crippen molar-refractivity contribution in [2.45, 2.75) is 30.4 Å². The Morgan fingerprint density at radius 3 is 2.11 bits per heavy atom. The highest BCUT2D eigenvalue weighted by Gasteiger charge is 2.59. The molecule has 1 aromatic rings. The van der Waals surface area contributed by atoms with E-state index < -0.39 is 35.9 Å². The van der Waals surface area contributed by atoms with Gasteiger partial charge in [-0.3, -0.25) is 0 Å². The maximum absolute atomic E-state index is 12.9. The van der Waals surface area contributed by atoms with Gasteiger partial charge in [0.25, 0.3) is 5.92 Å². The Morgan fingerprint density at radius 2 is 1.67 bits per heavy atom. The molecule has 0 spiro atoms. The van der Waals surface area contributed by atoms with Crippen molar-refractivity contribution in [3.63, 3.8) is 0 Å². The van der Waals surface area contributed by atoms with Gasteiger partial charge in [0.1, 0.15) is 6.29 Å². The lowest BCUT2D eigenvalue weighted by atomic mass is 9.62. The molecule has 1 fully saturated rings. The molecule has 98 valence electrons. The van der Waals surface area contributed by atoms with Crippen LogP contribution in [0.1, 0.15) is 24.0 Å². The zero-order chi connectivity index (χ0) is 13.6. The molecule has 1 nitrogen and oxygen atoms in total. The second kappa shape index (κ2) is 3.76. The van der Waals surface area contributed by atoms with E-state index in [9.17, 15) is 26.7 Å². The number of halogens is 5. The van der Waals surface area contributed by atoms with Crippen molar-refractivity contribution in [3.8, 4) is 0 Å². The molecule has 1 aliphatic rings. The summed E-state index contributed by atoms with van der Waals surface area (Å²) in [6.07, 6.45) is -6.18. The van der Waals surface area contributed by atoms with E-state index in [2.05, 4.69) is 0 Å². The van der Waals surface area contributed by atoms with Gasteiger partial charge in [0.15, 0.2) is 0 Å². The Kier molecular flexibility index (Phi) is 2.72. The minimum atomic E-state index is -4.66. The zero-order valence-electron chi connectivity index (χ0n) is 9.10. The van der Waals surface area contributed by atoms with Crippen LogP contribution in [0.4, 0.5) is 22.0 Å². The molecule has 0 saturated heterocycles. The summed E-state index contributed by atoms with van der Waals surface area (Å²) < 4.78 is 64.1. The lowest BCUT2D eigenvalue weighted by Crippen LogP contribution is -2.51. The fourth-order valence-electron chi connectivity index (χ4n) is 2.37. The first-order valence-corrected chi connectivity index (χ1v) is 5.21. The molecule has 0 aromatic heterocycles. The topological polar surface area (TPSA) is 17.1 Å². The van der Waals surface area contributed by atoms with Crippen LogP contribution in [-0.2, 0) is 16.4 Å². The van der Waals surface area contributed by atoms with E-state index in [0.29, 0.717) is 0 Å². The van der Waals surface area contributed by atoms with Crippen molar-refractivity contribution in [3.05, 3.63) is 35.4 Å². The van der Waals surface area contributed by atoms with Gasteiger partial charge < -0.3 is 4.79 Å². The molecule has 0 bridgehead atoms. The van der Waals surface area contributed by atoms with Crippen molar-refractivity contribution in [1.29, 1.82) is 0 Å². The Morgan fingerprint density at radius 1 is 1.11 bits per heavy atom. The van der Waals surface area contributed by atoms with Crippen molar-refractivity contribution < 1.29 is 26.7 Å². The van der Waals surface area contributed by atoms with Gasteiger partial charge in [0.05, 0.1) is 11.0 Å². The fraction of sp³-hybridized carbons (Fsp3) is 0.417. The van der Waals surface area contributed by atoms with Gasteiger partial charge in [-0.15, -0.1) is 0 Å². The minimum absolute atomic E-state index is 0.203. The highest BCUT2D eigenvalue weighted by atomic mass is 19.4. The maximum atomic E-state index is 12.9. The Labute approximate surface area is 99.6 Å². The summed E-state index contributed by atoms with van der Waals surface area (Å²) >= 11 is 0. The molecule has 6 heteroatoms. The number of aldehydes is 1. The van der Waals surface area contributed by atoms with Crippen LogP contribution in [0.2, 0.25) is 0 Å². The van der Waals surface area contributed by atoms with Gasteiger partial charge in [-0.2, -0.15) is 13.2 Å². The lowest BCUT2D eigenvalue weighted by molar-refractivity contribution is -0.153. The van der Waals surface area contributed by atoms with E-state index >= 15 is 0 Å². The van der Waals surface area contributed by atoms with E-state index in [1.54, 1.807) is 0 Å². The first-order valence-electron chi connectivity index (χ1n) is 5.21. The molecule has 18 heavy (non-hydrogen) atoms. The molecule has 0 radical (unpaired) electrons. The third kappa shape index (κ3) is 2.00. The van der Waals surface area contributed by atoms with Crippen molar-refractivity contribution in [2.75, 3.05) is 0 Å². The van der Waals surface area contributed by atoms with Gasteiger partial charge in [0, 0.05) is 12.8 Å². The monoisotopic (exact) mass is 264 g/mol. The van der Waals surface area contributed by atoms with Crippen LogP contribution in [0, 0.1) is 0 Å². The minimum Gasteiger partial charge on any atom is -0.302 e. The third-order valence-corrected chi connectivity index (χ3v) is 3.14. The van der Waals surface area contributed by atoms with Crippen LogP contribution >= 0.6 is 0 Å². The molecular weight excluding hydrogens is 255 g/mol. The lowest BCUT2D eigenvalue weighted by Gasteiger charge is -2.44. The predicted octanol–water partition coefficient (Wildman–Crippen LogP) is 3.57. The van der Waals surface area contributed by atoms with Crippen LogP contribution in [0.25, 0.3) is 0 Å². The van der Waals surface area contributed by atoms with Crippen LogP contribution < -0.4 is 0 Å². The standard InChI is InChI=1S/C12H9F5O/c13-11(14)5-10(6-11,7-18)8-3-1-2-4-9(8)12(15,16)17/h1-4,7H,5-6H2. The molecular formula is C12H9F5O. The van der Waals surface area contributed by atoms with Gasteiger partial charge in [-0.05, 0) is 11.6 Å². The molecule has 0 heterocycles. The molecule has 1 aromatic carbocycles. The highest BCUT2D eigenvalue weighted by molar-refractivity contribution is 5.72. The number of hydrogen-bond donors (Lipinski definition) is 0. The molecule has 0 unspecified atom stereocenters. The van der Waals surface area contributed by atoms with E-state index in [1.807, 2.05) is 0 Å². The summed E-state index contributed by atoms with van der Waals surface area (Å²) in [6, 6.07) is 4.37. The number of benzene rings is 1. The van der Waals surface area contributed by atoms with Crippen molar-refractivity contribution in [2.24, 2.45) is 0 Å². The summed E-state index contributed by atoms with van der Waals surface area (Å²) in [7, 11) is 0. The molecule has 2 rings (SSSR count). The SMILES string of the molecule is O=CC1(c2ccccc2C(F)(F)F)CC(F)(F)C1. The maximum Gasteiger partial charge on any atom is 0.416 e. The predicted molar refractivity (Wildman–Crippen MR) is 53.4 cm³/mol. The highest BCUT2D eigenvalue weighted by Crippen LogP contribution is 2.54. The van der Waals surface area contributed by atoms with Gasteiger partial charge in [-0.1, -0.05) is 18.2 Å². The van der Waals surface area contributed by atoms with E-state index in [4.69, 9.17) is 0 Å². The van der Waals surface area contributed by atoms with Gasteiger partial charge in [-0.25, -0.2) is 8.78 Å². The van der Waals surface area contributed by atoms with E-state index in [0.717, 1.165) is 12.1 Å². The molecule has 1 aliphatic carbocycles. The number of alkyl halides is 5. The quantitative estimate of drug-likeness (QED) is 0.589. The largest absolute Gasteiger partial charge is 0.416 e. The molecule has 1 saturated carbocycles. The van der Waals surface area contributed by atoms with Crippen LogP contribution in [0.3, 0.4) is 0 Å². The van der Waals surface area contributed by atoms with E-state index in [-0.39, 0.29) is 11.8 Å². The molecule has 0 aliphatic heterocycles. The Hall–Kier alpha value is -1.46. The second-order valence-corrected chi connectivity index (χ2v) is 4.53. The summed E-state index contributed by atoms with van der Waals surface area (Å²) in [4.78, 5) is 11.0. The molecule has 0 N–H and O–H groups in total.